The van der Waals surface area contributed by atoms with E-state index in [2.05, 4.69) is 20.1 Å². The van der Waals surface area contributed by atoms with Gasteiger partial charge >= 0.3 is 12.1 Å². The molecule has 1 N–H and O–H groups in total. The molecule has 3 saturated heterocycles. The minimum atomic E-state index is -0.894. The second-order valence-electron chi connectivity index (χ2n) is 13.6. The van der Waals surface area contributed by atoms with Crippen LogP contribution in [0.2, 0.25) is 0 Å². The van der Waals surface area contributed by atoms with Gasteiger partial charge in [-0.25, -0.2) is 13.6 Å². The van der Waals surface area contributed by atoms with E-state index in [-0.39, 0.29) is 31.9 Å². The number of ether oxygens (including phenoxy) is 2. The number of halogens is 2. The molecular weight excluding hydrogens is 590 g/mol. The van der Waals surface area contributed by atoms with E-state index in [1.807, 2.05) is 43.3 Å². The van der Waals surface area contributed by atoms with Crippen LogP contribution in [0.3, 0.4) is 0 Å². The number of anilines is 1. The van der Waals surface area contributed by atoms with Crippen LogP contribution in [0, 0.1) is 5.82 Å². The average molecular weight is 631 g/mol. The smallest absolute Gasteiger partial charge is 0.407 e. The zero-order chi connectivity index (χ0) is 31.5. The lowest BCUT2D eigenvalue weighted by atomic mass is 9.95. The summed E-state index contributed by atoms with van der Waals surface area (Å²) in [7, 11) is 0. The number of carbonyl (C=O) groups excluding carboxylic acids is 1. The summed E-state index contributed by atoms with van der Waals surface area (Å²) >= 11 is 0. The monoisotopic (exact) mass is 630 g/mol. The van der Waals surface area contributed by atoms with Crippen LogP contribution in [0.25, 0.3) is 32.9 Å². The Morgan fingerprint density at radius 1 is 1.13 bits per heavy atom. The molecule has 0 aliphatic carbocycles. The number of carbonyl (C=O) groups is 1. The third kappa shape index (κ3) is 5.09. The Bertz CT molecular complexity index is 1840. The quantitative estimate of drug-likeness (QED) is 0.286. The molecule has 46 heavy (non-hydrogen) atoms. The molecule has 3 atom stereocenters. The summed E-state index contributed by atoms with van der Waals surface area (Å²) < 4.78 is 43.5. The fourth-order valence-corrected chi connectivity index (χ4v) is 8.20. The molecule has 3 fully saturated rings. The Labute approximate surface area is 267 Å². The summed E-state index contributed by atoms with van der Waals surface area (Å²) in [5, 5.41) is 5.38. The number of aromatic nitrogens is 3. The molecule has 6 bridgehead atoms. The summed E-state index contributed by atoms with van der Waals surface area (Å²) in [6.07, 6.45) is 5.48. The van der Waals surface area contributed by atoms with Crippen molar-refractivity contribution < 1.29 is 24.5 Å². The molecule has 0 spiro atoms. The van der Waals surface area contributed by atoms with Crippen LogP contribution in [0.4, 0.5) is 19.4 Å². The highest BCUT2D eigenvalue weighted by Crippen LogP contribution is 2.41. The summed E-state index contributed by atoms with van der Waals surface area (Å²) in [4.78, 5) is 31.6. The van der Waals surface area contributed by atoms with Gasteiger partial charge in [-0.2, -0.15) is 9.97 Å². The number of benzene rings is 2. The van der Waals surface area contributed by atoms with E-state index < -0.39 is 29.2 Å². The molecule has 9 rings (SSSR count). The van der Waals surface area contributed by atoms with Gasteiger partial charge in [-0.15, -0.1) is 0 Å². The largest absolute Gasteiger partial charge is 0.461 e. The lowest BCUT2D eigenvalue weighted by Crippen LogP contribution is -2.53. The van der Waals surface area contributed by atoms with Crippen molar-refractivity contribution >= 4 is 33.6 Å². The lowest BCUT2D eigenvalue weighted by molar-refractivity contribution is 0.107. The fraction of sp³-hybridized carbons (Fsp3) is 0.486. The average Bonchev–Trinajstić information content (AvgIpc) is 3.49. The first-order chi connectivity index (χ1) is 22.3. The molecule has 5 aliphatic rings. The first-order valence-corrected chi connectivity index (χ1v) is 16.4. The number of nitrogens with one attached hydrogen (secondary N) is 1. The van der Waals surface area contributed by atoms with Crippen LogP contribution in [-0.2, 0) is 11.2 Å². The van der Waals surface area contributed by atoms with Crippen LogP contribution < -0.4 is 15.0 Å². The van der Waals surface area contributed by atoms with Gasteiger partial charge in [0.1, 0.15) is 29.8 Å². The molecule has 4 aromatic rings. The number of alkyl halides is 1. The van der Waals surface area contributed by atoms with Crippen LogP contribution in [0.15, 0.2) is 42.6 Å². The van der Waals surface area contributed by atoms with Crippen molar-refractivity contribution in [1.29, 1.82) is 0 Å². The van der Waals surface area contributed by atoms with Crippen molar-refractivity contribution in [2.45, 2.75) is 69.1 Å². The van der Waals surface area contributed by atoms with Crippen molar-refractivity contribution in [3.8, 4) is 17.3 Å². The van der Waals surface area contributed by atoms with Gasteiger partial charge in [0.05, 0.1) is 23.1 Å². The van der Waals surface area contributed by atoms with E-state index in [0.717, 1.165) is 55.0 Å². The third-order valence-electron chi connectivity index (χ3n) is 10.4. The molecule has 11 heteroatoms. The van der Waals surface area contributed by atoms with Crippen molar-refractivity contribution in [1.82, 2.24) is 25.2 Å². The second kappa shape index (κ2) is 11.3. The Morgan fingerprint density at radius 3 is 2.89 bits per heavy atom. The summed E-state index contributed by atoms with van der Waals surface area (Å²) in [5.74, 6) is -0.0459. The Hall–Kier alpha value is -4.12. The van der Waals surface area contributed by atoms with E-state index in [1.165, 1.54) is 0 Å². The highest BCUT2D eigenvalue weighted by molar-refractivity contribution is 6.00. The fourth-order valence-electron chi connectivity index (χ4n) is 8.20. The Kier molecular flexibility index (Phi) is 7.19. The van der Waals surface area contributed by atoms with Crippen molar-refractivity contribution in [3.63, 3.8) is 0 Å². The minimum absolute atomic E-state index is 0. The number of hydrogen-bond donors (Lipinski definition) is 1. The first-order valence-electron chi connectivity index (χ1n) is 16.4. The predicted molar refractivity (Wildman–Crippen MR) is 174 cm³/mol. The molecule has 2 aromatic heterocycles. The van der Waals surface area contributed by atoms with Gasteiger partial charge in [-0.1, -0.05) is 36.4 Å². The summed E-state index contributed by atoms with van der Waals surface area (Å²) in [6, 6.07) is 11.7. The number of alkyl carbamates (subject to hydrolysis) is 1. The Balaban J connectivity index is 0.00000351. The van der Waals surface area contributed by atoms with Gasteiger partial charge in [-0.3, -0.25) is 9.88 Å². The predicted octanol–water partition coefficient (Wildman–Crippen LogP) is 6.22. The first kappa shape index (κ1) is 29.3. The van der Waals surface area contributed by atoms with E-state index in [4.69, 9.17) is 19.4 Å². The number of nitrogens with zero attached hydrogens (tertiary/aromatic N) is 5. The minimum Gasteiger partial charge on any atom is -0.461 e. The molecule has 9 nitrogen and oxygen atoms in total. The molecule has 1 amide bonds. The second-order valence-corrected chi connectivity index (χ2v) is 13.6. The molecule has 0 radical (unpaired) electrons. The van der Waals surface area contributed by atoms with Crippen LogP contribution >= 0.6 is 0 Å². The maximum absolute atomic E-state index is 16.9. The van der Waals surface area contributed by atoms with Crippen molar-refractivity contribution in [2.24, 2.45) is 0 Å². The van der Waals surface area contributed by atoms with Gasteiger partial charge in [0.25, 0.3) is 0 Å². The van der Waals surface area contributed by atoms with E-state index in [0.29, 0.717) is 49.2 Å². The molecule has 0 saturated carbocycles. The third-order valence-corrected chi connectivity index (χ3v) is 10.4. The summed E-state index contributed by atoms with van der Waals surface area (Å²) in [6.45, 7) is 4.74. The lowest BCUT2D eigenvalue weighted by Gasteiger charge is -2.34. The standard InChI is InChI=1S/C35H38F2N6O3.H2/c1-34-12-2-3-14-42(20-34)31-26-18-38-29(25-10-5-9-22-7-4-8-23(27(22)25)11-16-45-33(44)41-34)28(37)30(26)39-32(40-31)46-21-35-13-6-15-43(35)19-24(36)17-35;/h4-5,7-10,18,24H,2-3,6,11-17,19-21H2,1H3,(H,41,44);1H/t24-,34?,35+;/m1./s1. The number of fused-ring (bicyclic) bond motifs is 6. The zero-order valence-electron chi connectivity index (χ0n) is 26.0. The van der Waals surface area contributed by atoms with Crippen LogP contribution in [-0.4, -0.2) is 82.6 Å². The van der Waals surface area contributed by atoms with Gasteiger partial charge in [0.15, 0.2) is 5.82 Å². The number of hydrogen-bond acceptors (Lipinski definition) is 8. The number of rotatable bonds is 3. The molecule has 1 unspecified atom stereocenters. The van der Waals surface area contributed by atoms with Gasteiger partial charge in [0, 0.05) is 45.7 Å². The highest BCUT2D eigenvalue weighted by atomic mass is 19.1. The van der Waals surface area contributed by atoms with E-state index in [9.17, 15) is 9.18 Å². The topological polar surface area (TPSA) is 92.7 Å². The van der Waals surface area contributed by atoms with Gasteiger partial charge in [0.2, 0.25) is 0 Å². The number of amides is 1. The molecular formula is C35H40F2N6O3. The number of pyridine rings is 1. The molecule has 242 valence electrons. The van der Waals surface area contributed by atoms with Crippen LogP contribution in [0.5, 0.6) is 6.01 Å². The normalized spacial score (nSPS) is 26.7. The Morgan fingerprint density at radius 2 is 2.00 bits per heavy atom. The van der Waals surface area contributed by atoms with Gasteiger partial charge < -0.3 is 19.7 Å². The molecule has 5 aliphatic heterocycles. The SMILES string of the molecule is CC12CCCCN(C1)c1nc(OC[C@@]34CCCN3C[C@H](F)C4)nc3c(F)c(ncc13)-c1cccc3cccc(c13)CCOC(=O)N2.[HH]. The van der Waals surface area contributed by atoms with E-state index in [1.54, 1.807) is 6.20 Å². The van der Waals surface area contributed by atoms with Gasteiger partial charge in [-0.05, 0) is 61.9 Å². The van der Waals surface area contributed by atoms with Crippen LogP contribution in [0.1, 0.15) is 52.4 Å². The maximum Gasteiger partial charge on any atom is 0.407 e. The summed E-state index contributed by atoms with van der Waals surface area (Å²) in [5.41, 5.74) is 0.847. The molecule has 2 aromatic carbocycles. The van der Waals surface area contributed by atoms with Crippen molar-refractivity contribution in [2.75, 3.05) is 44.3 Å². The molecule has 7 heterocycles. The maximum atomic E-state index is 16.9. The van der Waals surface area contributed by atoms with Crippen molar-refractivity contribution in [3.05, 3.63) is 54.0 Å². The zero-order valence-corrected chi connectivity index (χ0v) is 26.0. The van der Waals surface area contributed by atoms with E-state index >= 15 is 4.39 Å². The highest BCUT2D eigenvalue weighted by Gasteiger charge is 2.49.